The lowest BCUT2D eigenvalue weighted by Crippen LogP contribution is -2.14. The lowest BCUT2D eigenvalue weighted by molar-refractivity contribution is 0.111. The molecule has 0 saturated heterocycles. The maximum Gasteiger partial charge on any atom is 0.153 e. The number of carbonyl (C=O) groups is 1. The highest BCUT2D eigenvalue weighted by Gasteiger charge is 2.31. The fraction of sp³-hybridized carbons (Fsp3) is 0.588. The maximum absolute atomic E-state index is 11.3. The molecule has 2 fully saturated rings. The van der Waals surface area contributed by atoms with Crippen molar-refractivity contribution in [2.45, 2.75) is 63.9 Å². The maximum atomic E-state index is 11.3. The van der Waals surface area contributed by atoms with Crippen molar-refractivity contribution in [1.82, 2.24) is 0 Å². The molecule has 2 aliphatic carbocycles. The molecule has 2 heteroatoms. The van der Waals surface area contributed by atoms with Gasteiger partial charge in [0, 0.05) is 0 Å². The SMILES string of the molecule is CC(C)Oc1cc(C2CCC2)c(C2CC2)cc1C=O. The lowest BCUT2D eigenvalue weighted by Gasteiger charge is -2.29. The van der Waals surface area contributed by atoms with Crippen LogP contribution in [0.2, 0.25) is 0 Å². The van der Waals surface area contributed by atoms with Crippen molar-refractivity contribution in [3.8, 4) is 5.75 Å². The first-order valence-corrected chi connectivity index (χ1v) is 7.48. The van der Waals surface area contributed by atoms with Gasteiger partial charge in [-0.1, -0.05) is 6.42 Å². The zero-order valence-electron chi connectivity index (χ0n) is 11.8. The summed E-state index contributed by atoms with van der Waals surface area (Å²) in [5.41, 5.74) is 3.59. The Morgan fingerprint density at radius 3 is 2.21 bits per heavy atom. The second-order valence-corrected chi connectivity index (χ2v) is 6.21. The molecule has 19 heavy (non-hydrogen) atoms. The number of rotatable bonds is 5. The van der Waals surface area contributed by atoms with E-state index in [1.807, 2.05) is 13.8 Å². The van der Waals surface area contributed by atoms with E-state index in [1.54, 1.807) is 0 Å². The van der Waals surface area contributed by atoms with E-state index < -0.39 is 0 Å². The molecule has 0 amide bonds. The molecule has 3 rings (SSSR count). The molecule has 0 spiro atoms. The summed E-state index contributed by atoms with van der Waals surface area (Å²) in [6.45, 7) is 4.01. The molecule has 1 aromatic rings. The van der Waals surface area contributed by atoms with Gasteiger partial charge in [-0.2, -0.15) is 0 Å². The van der Waals surface area contributed by atoms with Crippen molar-refractivity contribution in [2.75, 3.05) is 0 Å². The highest BCUT2D eigenvalue weighted by molar-refractivity contribution is 5.80. The van der Waals surface area contributed by atoms with Crippen LogP contribution in [0.1, 0.15) is 79.3 Å². The van der Waals surface area contributed by atoms with Crippen LogP contribution in [-0.4, -0.2) is 12.4 Å². The van der Waals surface area contributed by atoms with Crippen molar-refractivity contribution in [1.29, 1.82) is 0 Å². The second kappa shape index (κ2) is 4.99. The van der Waals surface area contributed by atoms with Gasteiger partial charge in [-0.25, -0.2) is 0 Å². The van der Waals surface area contributed by atoms with Crippen LogP contribution < -0.4 is 4.74 Å². The summed E-state index contributed by atoms with van der Waals surface area (Å²) in [6.07, 6.45) is 7.53. The Bertz CT molecular complexity index is 482. The van der Waals surface area contributed by atoms with Crippen LogP contribution in [0.15, 0.2) is 12.1 Å². The van der Waals surface area contributed by atoms with Gasteiger partial charge in [0.25, 0.3) is 0 Å². The molecule has 0 unspecified atom stereocenters. The van der Waals surface area contributed by atoms with E-state index in [0.29, 0.717) is 11.8 Å². The van der Waals surface area contributed by atoms with Gasteiger partial charge < -0.3 is 4.74 Å². The zero-order chi connectivity index (χ0) is 13.4. The summed E-state index contributed by atoms with van der Waals surface area (Å²) >= 11 is 0. The van der Waals surface area contributed by atoms with E-state index in [2.05, 4.69) is 12.1 Å². The number of hydrogen-bond acceptors (Lipinski definition) is 2. The molecule has 0 radical (unpaired) electrons. The number of benzene rings is 1. The largest absolute Gasteiger partial charge is 0.490 e. The Balaban J connectivity index is 2.01. The number of carbonyl (C=O) groups excluding carboxylic acids is 1. The first kappa shape index (κ1) is 12.7. The Kier molecular flexibility index (Phi) is 3.34. The Morgan fingerprint density at radius 1 is 1.11 bits per heavy atom. The molecular formula is C17H22O2. The Labute approximate surface area is 115 Å². The van der Waals surface area contributed by atoms with Crippen molar-refractivity contribution < 1.29 is 9.53 Å². The van der Waals surface area contributed by atoms with Gasteiger partial charge in [0.2, 0.25) is 0 Å². The number of hydrogen-bond donors (Lipinski definition) is 0. The van der Waals surface area contributed by atoms with Gasteiger partial charge in [0.1, 0.15) is 5.75 Å². The smallest absolute Gasteiger partial charge is 0.153 e. The van der Waals surface area contributed by atoms with Gasteiger partial charge in [-0.15, -0.1) is 0 Å². The molecular weight excluding hydrogens is 236 g/mol. The highest BCUT2D eigenvalue weighted by atomic mass is 16.5. The minimum absolute atomic E-state index is 0.111. The van der Waals surface area contributed by atoms with Crippen LogP contribution >= 0.6 is 0 Å². The Hall–Kier alpha value is -1.31. The van der Waals surface area contributed by atoms with E-state index in [0.717, 1.165) is 17.6 Å². The van der Waals surface area contributed by atoms with Crippen LogP contribution in [0, 0.1) is 0 Å². The van der Waals surface area contributed by atoms with Gasteiger partial charge >= 0.3 is 0 Å². The fourth-order valence-electron chi connectivity index (χ4n) is 2.90. The van der Waals surface area contributed by atoms with Crippen LogP contribution in [0.3, 0.4) is 0 Å². The first-order chi connectivity index (χ1) is 9.19. The molecule has 2 aliphatic rings. The third-order valence-electron chi connectivity index (χ3n) is 4.27. The van der Waals surface area contributed by atoms with E-state index in [1.165, 1.54) is 43.2 Å². The van der Waals surface area contributed by atoms with Crippen LogP contribution in [0.25, 0.3) is 0 Å². The summed E-state index contributed by atoms with van der Waals surface area (Å²) in [6, 6.07) is 4.25. The topological polar surface area (TPSA) is 26.3 Å². The van der Waals surface area contributed by atoms with Gasteiger partial charge in [0.05, 0.1) is 11.7 Å². The van der Waals surface area contributed by atoms with Gasteiger partial charge in [0.15, 0.2) is 6.29 Å². The third-order valence-corrected chi connectivity index (χ3v) is 4.27. The quantitative estimate of drug-likeness (QED) is 0.730. The molecule has 0 aliphatic heterocycles. The van der Waals surface area contributed by atoms with Crippen LogP contribution in [0.5, 0.6) is 5.75 Å². The fourth-order valence-corrected chi connectivity index (χ4v) is 2.90. The number of aldehydes is 1. The standard InChI is InChI=1S/C17H22O2/c1-11(2)19-17-9-16(12-4-3-5-12)15(13-6-7-13)8-14(17)10-18/h8-13H,3-7H2,1-2H3. The normalized spacial score (nSPS) is 19.3. The lowest BCUT2D eigenvalue weighted by atomic mass is 9.77. The Morgan fingerprint density at radius 2 is 1.74 bits per heavy atom. The molecule has 0 heterocycles. The van der Waals surface area contributed by atoms with E-state index in [9.17, 15) is 4.79 Å². The second-order valence-electron chi connectivity index (χ2n) is 6.21. The third kappa shape index (κ3) is 2.54. The summed E-state index contributed by atoms with van der Waals surface area (Å²) in [7, 11) is 0. The number of ether oxygens (including phenoxy) is 1. The van der Waals surface area contributed by atoms with Crippen LogP contribution in [-0.2, 0) is 0 Å². The van der Waals surface area contributed by atoms with Crippen molar-refractivity contribution in [3.05, 3.63) is 28.8 Å². The molecule has 1 aromatic carbocycles. The van der Waals surface area contributed by atoms with Crippen molar-refractivity contribution >= 4 is 6.29 Å². The summed E-state index contributed by atoms with van der Waals surface area (Å²) < 4.78 is 5.82. The molecule has 0 bridgehead atoms. The van der Waals surface area contributed by atoms with Crippen LogP contribution in [0.4, 0.5) is 0 Å². The van der Waals surface area contributed by atoms with E-state index in [-0.39, 0.29) is 6.10 Å². The monoisotopic (exact) mass is 258 g/mol. The average Bonchev–Trinajstić information content (AvgIpc) is 3.10. The summed E-state index contributed by atoms with van der Waals surface area (Å²) in [4.78, 5) is 11.3. The van der Waals surface area contributed by atoms with Gasteiger partial charge in [-0.05, 0) is 74.6 Å². The summed E-state index contributed by atoms with van der Waals surface area (Å²) in [5.74, 6) is 2.17. The minimum atomic E-state index is 0.111. The first-order valence-electron chi connectivity index (χ1n) is 7.48. The molecule has 2 nitrogen and oxygen atoms in total. The van der Waals surface area contributed by atoms with Crippen molar-refractivity contribution in [3.63, 3.8) is 0 Å². The summed E-state index contributed by atoms with van der Waals surface area (Å²) in [5, 5.41) is 0. The zero-order valence-corrected chi connectivity index (χ0v) is 11.8. The molecule has 0 aromatic heterocycles. The predicted octanol–water partition coefficient (Wildman–Crippen LogP) is 4.43. The molecule has 102 valence electrons. The molecule has 2 saturated carbocycles. The van der Waals surface area contributed by atoms with Crippen molar-refractivity contribution in [2.24, 2.45) is 0 Å². The molecule has 0 N–H and O–H groups in total. The highest BCUT2D eigenvalue weighted by Crippen LogP contribution is 2.48. The van der Waals surface area contributed by atoms with Gasteiger partial charge in [-0.3, -0.25) is 4.79 Å². The molecule has 0 atom stereocenters. The average molecular weight is 258 g/mol. The predicted molar refractivity (Wildman–Crippen MR) is 76.2 cm³/mol. The van der Waals surface area contributed by atoms with E-state index >= 15 is 0 Å². The minimum Gasteiger partial charge on any atom is -0.490 e. The van der Waals surface area contributed by atoms with E-state index in [4.69, 9.17) is 4.74 Å².